The van der Waals surface area contributed by atoms with Gasteiger partial charge in [0, 0.05) is 31.5 Å². The summed E-state index contributed by atoms with van der Waals surface area (Å²) in [5.41, 5.74) is 0.409. The van der Waals surface area contributed by atoms with E-state index in [0.717, 1.165) is 49.8 Å². The highest BCUT2D eigenvalue weighted by Crippen LogP contribution is 2.39. The van der Waals surface area contributed by atoms with Crippen LogP contribution in [0, 0.1) is 5.41 Å². The molecule has 3 amide bonds. The zero-order chi connectivity index (χ0) is 35.1. The smallest absolute Gasteiger partial charge is 0.408 e. The summed E-state index contributed by atoms with van der Waals surface area (Å²) in [5, 5.41) is 17.7. The fraction of sp³-hybridized carbons (Fsp3) is 0.500. The number of ether oxygens (including phenoxy) is 2. The number of ketones is 1. The molecule has 2 unspecified atom stereocenters. The Bertz CT molecular complexity index is 1470. The third-order valence-corrected chi connectivity index (χ3v) is 9.21. The molecule has 1 saturated carbocycles. The Labute approximate surface area is 285 Å². The third-order valence-electron chi connectivity index (χ3n) is 9.21. The van der Waals surface area contributed by atoms with Crippen LogP contribution >= 0.6 is 0 Å². The first-order valence-corrected chi connectivity index (χ1v) is 16.8. The molecule has 0 spiro atoms. The first kappa shape index (κ1) is 36.5. The van der Waals surface area contributed by atoms with E-state index in [2.05, 4.69) is 10.6 Å². The fourth-order valence-corrected chi connectivity index (χ4v) is 6.46. The lowest BCUT2D eigenvalue weighted by atomic mass is 9.70. The molecule has 0 heterocycles. The van der Waals surface area contributed by atoms with E-state index in [1.54, 1.807) is 11.0 Å². The van der Waals surface area contributed by atoms with E-state index in [1.807, 2.05) is 94.4 Å². The molecular formula is C38H52N4O6. The van der Waals surface area contributed by atoms with Crippen molar-refractivity contribution in [3.05, 3.63) is 83.6 Å². The Kier molecular flexibility index (Phi) is 12.0. The molecule has 0 aromatic heterocycles. The molecule has 48 heavy (non-hydrogen) atoms. The first-order valence-electron chi connectivity index (χ1n) is 16.8. The van der Waals surface area contributed by atoms with Crippen LogP contribution in [-0.4, -0.2) is 67.9 Å². The lowest BCUT2D eigenvalue weighted by Crippen LogP contribution is -2.69. The number of allylic oxidation sites excluding steroid dienone is 1. The molecule has 0 bridgehead atoms. The van der Waals surface area contributed by atoms with Gasteiger partial charge in [-0.25, -0.2) is 9.59 Å². The highest BCUT2D eigenvalue weighted by Gasteiger charge is 2.53. The van der Waals surface area contributed by atoms with E-state index in [1.165, 1.54) is 20.1 Å². The summed E-state index contributed by atoms with van der Waals surface area (Å²) >= 11 is 0. The molecule has 10 nitrogen and oxygen atoms in total. The van der Waals surface area contributed by atoms with Crippen molar-refractivity contribution in [2.75, 3.05) is 31.0 Å². The number of urea groups is 1. The summed E-state index contributed by atoms with van der Waals surface area (Å²) in [6, 6.07) is 15.2. The Hall–Kier alpha value is -4.31. The van der Waals surface area contributed by atoms with E-state index >= 15 is 0 Å². The van der Waals surface area contributed by atoms with Gasteiger partial charge in [0.15, 0.2) is 11.3 Å². The maximum Gasteiger partial charge on any atom is 0.408 e. The van der Waals surface area contributed by atoms with Crippen molar-refractivity contribution in [2.45, 2.75) is 96.6 Å². The quantitative estimate of drug-likeness (QED) is 0.249. The van der Waals surface area contributed by atoms with Crippen molar-refractivity contribution in [2.24, 2.45) is 5.41 Å². The summed E-state index contributed by atoms with van der Waals surface area (Å²) in [7, 11) is 5.39. The maximum absolute atomic E-state index is 14.7. The summed E-state index contributed by atoms with van der Waals surface area (Å²) in [6.07, 6.45) is 6.68. The van der Waals surface area contributed by atoms with Gasteiger partial charge in [-0.15, -0.1) is 0 Å². The van der Waals surface area contributed by atoms with Crippen molar-refractivity contribution in [1.29, 1.82) is 0 Å². The summed E-state index contributed by atoms with van der Waals surface area (Å²) < 4.78 is 11.0. The molecule has 3 N–H and O–H groups in total. The standard InChI is InChI=1S/C38H52N4O6/c1-26(39-36(46)48-25-27-15-11-10-12-16-27)33(43)38(24-31(47-7)23-32(34(38)44)37(2,3)4)40-35(45)42(29-17-13-8-9-14-18-29)30-21-19-28(20-22-30)41(5)6/h10-12,15-16,19-24,26,29,34,44H,8-9,13-14,17-18,25H2,1-7H3,(H,39,46)(H,40,45)/t26-,34?,38?/m0/s1. The molecule has 2 aliphatic rings. The summed E-state index contributed by atoms with van der Waals surface area (Å²) in [6.45, 7) is 7.30. The van der Waals surface area contributed by atoms with E-state index in [0.29, 0.717) is 17.0 Å². The van der Waals surface area contributed by atoms with Crippen LogP contribution in [-0.2, 0) is 20.9 Å². The monoisotopic (exact) mass is 660 g/mol. The van der Waals surface area contributed by atoms with Crippen molar-refractivity contribution in [1.82, 2.24) is 10.6 Å². The number of Topliss-reactive ketones (excluding diaryl/α,β-unsaturated/α-hetero) is 1. The van der Waals surface area contributed by atoms with Crippen LogP contribution in [0.2, 0.25) is 0 Å². The Morgan fingerprint density at radius 2 is 1.56 bits per heavy atom. The highest BCUT2D eigenvalue weighted by molar-refractivity contribution is 6.03. The number of rotatable bonds is 10. The Morgan fingerprint density at radius 1 is 0.958 bits per heavy atom. The van der Waals surface area contributed by atoms with Crippen LogP contribution in [0.15, 0.2) is 78.1 Å². The number of alkyl carbamates (subject to hydrolysis) is 1. The molecule has 0 saturated heterocycles. The van der Waals surface area contributed by atoms with Crippen LogP contribution in [0.5, 0.6) is 0 Å². The molecule has 1 fully saturated rings. The van der Waals surface area contributed by atoms with E-state index in [9.17, 15) is 19.5 Å². The summed E-state index contributed by atoms with van der Waals surface area (Å²) in [4.78, 5) is 45.9. The number of amides is 3. The van der Waals surface area contributed by atoms with Crippen LogP contribution < -0.4 is 20.4 Å². The first-order chi connectivity index (χ1) is 22.8. The number of benzene rings is 2. The number of methoxy groups -OCH3 is 1. The molecular weight excluding hydrogens is 608 g/mol. The SMILES string of the molecule is COC1=CC(NC(=O)N(c2ccc(N(C)C)cc2)C2CCCCCC2)(C(=O)[C@H](C)NC(=O)OCc2ccccc2)C(O)C(C(C)(C)C)=C1. The molecule has 2 aromatic carbocycles. The molecule has 260 valence electrons. The van der Waals surface area contributed by atoms with Crippen molar-refractivity contribution in [3.63, 3.8) is 0 Å². The number of anilines is 2. The number of aliphatic hydroxyl groups is 1. The molecule has 3 atom stereocenters. The minimum atomic E-state index is -1.97. The number of carbonyl (C=O) groups is 3. The lowest BCUT2D eigenvalue weighted by molar-refractivity contribution is -0.128. The molecule has 0 radical (unpaired) electrons. The number of hydrogen-bond donors (Lipinski definition) is 3. The topological polar surface area (TPSA) is 120 Å². The average molecular weight is 661 g/mol. The summed E-state index contributed by atoms with van der Waals surface area (Å²) in [5.74, 6) is -0.303. The van der Waals surface area contributed by atoms with Gasteiger partial charge in [0.05, 0.1) is 13.2 Å². The second-order valence-corrected chi connectivity index (χ2v) is 14.0. The molecule has 0 aliphatic heterocycles. The van der Waals surface area contributed by atoms with E-state index in [-0.39, 0.29) is 12.6 Å². The zero-order valence-electron chi connectivity index (χ0n) is 29.4. The number of hydrogen-bond acceptors (Lipinski definition) is 7. The van der Waals surface area contributed by atoms with Crippen LogP contribution in [0.4, 0.5) is 21.0 Å². The number of nitrogens with zero attached hydrogens (tertiary/aromatic N) is 2. The normalized spacial score (nSPS) is 20.7. The van der Waals surface area contributed by atoms with Gasteiger partial charge in [-0.1, -0.05) is 76.8 Å². The maximum atomic E-state index is 14.7. The van der Waals surface area contributed by atoms with Gasteiger partial charge in [0.25, 0.3) is 0 Å². The number of aliphatic hydroxyl groups excluding tert-OH is 1. The Morgan fingerprint density at radius 3 is 2.12 bits per heavy atom. The predicted molar refractivity (Wildman–Crippen MR) is 189 cm³/mol. The van der Waals surface area contributed by atoms with Crippen LogP contribution in [0.25, 0.3) is 0 Å². The number of nitrogens with one attached hydrogen (secondary N) is 2. The van der Waals surface area contributed by atoms with Crippen LogP contribution in [0.1, 0.15) is 71.8 Å². The average Bonchev–Trinajstić information content (AvgIpc) is 3.34. The highest BCUT2D eigenvalue weighted by atomic mass is 16.5. The lowest BCUT2D eigenvalue weighted by Gasteiger charge is -2.44. The molecule has 2 aromatic rings. The van der Waals surface area contributed by atoms with Crippen molar-refractivity contribution >= 4 is 29.3 Å². The molecule has 10 heteroatoms. The van der Waals surface area contributed by atoms with Gasteiger partial charge in [-0.2, -0.15) is 0 Å². The second-order valence-electron chi connectivity index (χ2n) is 14.0. The largest absolute Gasteiger partial charge is 0.497 e. The predicted octanol–water partition coefficient (Wildman–Crippen LogP) is 6.49. The molecule has 2 aliphatic carbocycles. The minimum absolute atomic E-state index is 0.0195. The zero-order valence-corrected chi connectivity index (χ0v) is 29.4. The van der Waals surface area contributed by atoms with Gasteiger partial charge in [0.1, 0.15) is 18.5 Å². The van der Waals surface area contributed by atoms with Crippen molar-refractivity contribution < 1.29 is 29.0 Å². The van der Waals surface area contributed by atoms with Gasteiger partial charge in [-0.05, 0) is 72.7 Å². The minimum Gasteiger partial charge on any atom is -0.497 e. The van der Waals surface area contributed by atoms with Crippen LogP contribution in [0.3, 0.4) is 0 Å². The van der Waals surface area contributed by atoms with Gasteiger partial charge < -0.3 is 30.1 Å². The third kappa shape index (κ3) is 8.58. The van der Waals surface area contributed by atoms with Gasteiger partial charge >= 0.3 is 12.1 Å². The fourth-order valence-electron chi connectivity index (χ4n) is 6.46. The molecule has 4 rings (SSSR count). The number of carbonyl (C=O) groups excluding carboxylic acids is 3. The van der Waals surface area contributed by atoms with Crippen molar-refractivity contribution in [3.8, 4) is 0 Å². The van der Waals surface area contributed by atoms with Gasteiger partial charge in [0.2, 0.25) is 0 Å². The van der Waals surface area contributed by atoms with E-state index in [4.69, 9.17) is 9.47 Å². The Balaban J connectivity index is 1.72. The second kappa shape index (κ2) is 15.7. The van der Waals surface area contributed by atoms with Gasteiger partial charge in [-0.3, -0.25) is 9.69 Å². The van der Waals surface area contributed by atoms with E-state index < -0.39 is 41.0 Å².